The van der Waals surface area contributed by atoms with E-state index in [1.54, 1.807) is 0 Å². The van der Waals surface area contributed by atoms with E-state index >= 15 is 0 Å². The predicted molar refractivity (Wildman–Crippen MR) is 76.5 cm³/mol. The first kappa shape index (κ1) is 12.3. The highest BCUT2D eigenvalue weighted by Gasteiger charge is 2.02. The lowest BCUT2D eigenvalue weighted by atomic mass is 10.2. The average molecular weight is 294 g/mol. The van der Waals surface area contributed by atoms with Gasteiger partial charge in [-0.15, -0.1) is 0 Å². The number of hydrogen-bond donors (Lipinski definition) is 1. The van der Waals surface area contributed by atoms with Crippen molar-refractivity contribution in [2.45, 2.75) is 0 Å². The molecule has 2 aromatic rings. The molecule has 0 unspecified atom stereocenters. The van der Waals surface area contributed by atoms with Crippen molar-refractivity contribution in [1.82, 2.24) is 9.88 Å². The Labute approximate surface area is 110 Å². The molecule has 0 aliphatic heterocycles. The summed E-state index contributed by atoms with van der Waals surface area (Å²) in [6, 6.07) is 8.15. The molecular weight excluding hydrogens is 278 g/mol. The zero-order valence-corrected chi connectivity index (χ0v) is 11.7. The summed E-state index contributed by atoms with van der Waals surface area (Å²) >= 11 is 3.49. The van der Waals surface area contributed by atoms with Crippen molar-refractivity contribution in [3.63, 3.8) is 0 Å². The largest absolute Gasteiger partial charge is 0.383 e. The molecule has 1 N–H and O–H groups in total. The van der Waals surface area contributed by atoms with Crippen molar-refractivity contribution in [2.75, 3.05) is 32.5 Å². The van der Waals surface area contributed by atoms with Crippen LogP contribution in [0.3, 0.4) is 0 Å². The number of fused-ring (bicyclic) bond motifs is 1. The molecule has 1 aromatic carbocycles. The predicted octanol–water partition coefficient (Wildman–Crippen LogP) is 2.97. The van der Waals surface area contributed by atoms with Gasteiger partial charge >= 0.3 is 0 Å². The van der Waals surface area contributed by atoms with Crippen LogP contribution in [0.5, 0.6) is 0 Å². The summed E-state index contributed by atoms with van der Waals surface area (Å²) in [6.45, 7) is 1.94. The molecular formula is C13H16BrN3. The summed E-state index contributed by atoms with van der Waals surface area (Å²) in [5, 5.41) is 4.60. The van der Waals surface area contributed by atoms with Gasteiger partial charge in [0, 0.05) is 34.8 Å². The van der Waals surface area contributed by atoms with Crippen LogP contribution in [0.25, 0.3) is 10.9 Å². The molecule has 2 rings (SSSR count). The minimum atomic E-state index is 0.929. The smallest absolute Gasteiger partial charge is 0.0723 e. The van der Waals surface area contributed by atoms with Crippen molar-refractivity contribution in [3.8, 4) is 0 Å². The van der Waals surface area contributed by atoms with Crippen LogP contribution in [0.1, 0.15) is 0 Å². The molecule has 17 heavy (non-hydrogen) atoms. The zero-order chi connectivity index (χ0) is 12.3. The lowest BCUT2D eigenvalue weighted by molar-refractivity contribution is 0.425. The lowest BCUT2D eigenvalue weighted by Gasteiger charge is -2.13. The van der Waals surface area contributed by atoms with E-state index < -0.39 is 0 Å². The Hall–Kier alpha value is -1.13. The van der Waals surface area contributed by atoms with Gasteiger partial charge < -0.3 is 10.2 Å². The Bertz CT molecular complexity index is 511. The summed E-state index contributed by atoms with van der Waals surface area (Å²) in [7, 11) is 4.14. The van der Waals surface area contributed by atoms with E-state index in [2.05, 4.69) is 51.3 Å². The van der Waals surface area contributed by atoms with Crippen LogP contribution in [-0.4, -0.2) is 37.1 Å². The van der Waals surface area contributed by atoms with Crippen LogP contribution in [0.4, 0.5) is 5.69 Å². The first-order chi connectivity index (χ1) is 8.16. The standard InChI is InChI=1S/C13H16BrN3/c1-17(2)8-7-16-13-5-6-15-12-4-3-10(14)9-11(12)13/h3-6,9H,7-8H2,1-2H3,(H,15,16). The molecule has 1 heterocycles. The number of likely N-dealkylation sites (N-methyl/N-ethyl adjacent to an activating group) is 1. The summed E-state index contributed by atoms with van der Waals surface area (Å²) in [5.41, 5.74) is 2.15. The Morgan fingerprint density at radius 1 is 1.29 bits per heavy atom. The monoisotopic (exact) mass is 293 g/mol. The Kier molecular flexibility index (Phi) is 3.97. The van der Waals surface area contributed by atoms with Gasteiger partial charge in [0.25, 0.3) is 0 Å². The molecule has 0 saturated heterocycles. The highest BCUT2D eigenvalue weighted by atomic mass is 79.9. The third-order valence-corrected chi connectivity index (χ3v) is 3.07. The van der Waals surface area contributed by atoms with Gasteiger partial charge in [0.2, 0.25) is 0 Å². The van der Waals surface area contributed by atoms with Gasteiger partial charge in [-0.3, -0.25) is 4.98 Å². The number of nitrogens with one attached hydrogen (secondary N) is 1. The fourth-order valence-corrected chi connectivity index (χ4v) is 2.05. The molecule has 4 heteroatoms. The van der Waals surface area contributed by atoms with Gasteiger partial charge in [0.05, 0.1) is 5.52 Å². The third-order valence-electron chi connectivity index (χ3n) is 2.58. The van der Waals surface area contributed by atoms with E-state index in [-0.39, 0.29) is 0 Å². The number of hydrogen-bond acceptors (Lipinski definition) is 3. The van der Waals surface area contributed by atoms with E-state index in [1.165, 1.54) is 0 Å². The molecule has 0 fully saturated rings. The molecule has 0 saturated carbocycles. The van der Waals surface area contributed by atoms with Gasteiger partial charge in [-0.2, -0.15) is 0 Å². The molecule has 0 amide bonds. The minimum Gasteiger partial charge on any atom is -0.383 e. The molecule has 0 atom stereocenters. The maximum atomic E-state index is 4.35. The van der Waals surface area contributed by atoms with Gasteiger partial charge in [-0.25, -0.2) is 0 Å². The third kappa shape index (κ3) is 3.17. The van der Waals surface area contributed by atoms with Crippen LogP contribution >= 0.6 is 15.9 Å². The van der Waals surface area contributed by atoms with Crippen molar-refractivity contribution >= 4 is 32.5 Å². The quantitative estimate of drug-likeness (QED) is 0.939. The Balaban J connectivity index is 2.24. The van der Waals surface area contributed by atoms with E-state index in [0.29, 0.717) is 0 Å². The van der Waals surface area contributed by atoms with Crippen LogP contribution in [-0.2, 0) is 0 Å². The minimum absolute atomic E-state index is 0.929. The van der Waals surface area contributed by atoms with Crippen LogP contribution in [0, 0.1) is 0 Å². The molecule has 90 valence electrons. The lowest BCUT2D eigenvalue weighted by Crippen LogP contribution is -2.20. The maximum Gasteiger partial charge on any atom is 0.0723 e. The second-order valence-corrected chi connectivity index (χ2v) is 5.17. The van der Waals surface area contributed by atoms with Gasteiger partial charge in [-0.1, -0.05) is 15.9 Å². The second-order valence-electron chi connectivity index (χ2n) is 4.25. The van der Waals surface area contributed by atoms with E-state index in [0.717, 1.165) is 34.2 Å². The average Bonchev–Trinajstić information content (AvgIpc) is 2.29. The first-order valence-electron chi connectivity index (χ1n) is 5.60. The van der Waals surface area contributed by atoms with E-state index in [1.807, 2.05) is 24.4 Å². The topological polar surface area (TPSA) is 28.2 Å². The molecule has 0 aliphatic rings. The zero-order valence-electron chi connectivity index (χ0n) is 10.1. The first-order valence-corrected chi connectivity index (χ1v) is 6.39. The van der Waals surface area contributed by atoms with E-state index in [4.69, 9.17) is 0 Å². The number of halogens is 1. The van der Waals surface area contributed by atoms with Crippen LogP contribution in [0.15, 0.2) is 34.9 Å². The maximum absolute atomic E-state index is 4.35. The summed E-state index contributed by atoms with van der Waals surface area (Å²) in [5.74, 6) is 0. The van der Waals surface area contributed by atoms with Gasteiger partial charge in [-0.05, 0) is 38.4 Å². The fourth-order valence-electron chi connectivity index (χ4n) is 1.69. The van der Waals surface area contributed by atoms with Crippen molar-refractivity contribution in [3.05, 3.63) is 34.9 Å². The molecule has 3 nitrogen and oxygen atoms in total. The van der Waals surface area contributed by atoms with E-state index in [9.17, 15) is 0 Å². The summed E-state index contributed by atoms with van der Waals surface area (Å²) < 4.78 is 1.08. The Morgan fingerprint density at radius 2 is 2.12 bits per heavy atom. The Morgan fingerprint density at radius 3 is 2.88 bits per heavy atom. The molecule has 0 bridgehead atoms. The highest BCUT2D eigenvalue weighted by Crippen LogP contribution is 2.24. The highest BCUT2D eigenvalue weighted by molar-refractivity contribution is 9.10. The van der Waals surface area contributed by atoms with Crippen LogP contribution in [0.2, 0.25) is 0 Å². The van der Waals surface area contributed by atoms with Crippen molar-refractivity contribution < 1.29 is 0 Å². The molecule has 0 radical (unpaired) electrons. The molecule has 0 spiro atoms. The number of rotatable bonds is 4. The number of aromatic nitrogens is 1. The molecule has 1 aromatic heterocycles. The van der Waals surface area contributed by atoms with Crippen LogP contribution < -0.4 is 5.32 Å². The van der Waals surface area contributed by atoms with Crippen molar-refractivity contribution in [1.29, 1.82) is 0 Å². The molecule has 0 aliphatic carbocycles. The summed E-state index contributed by atoms with van der Waals surface area (Å²) in [6.07, 6.45) is 1.84. The normalized spacial score (nSPS) is 11.1. The fraction of sp³-hybridized carbons (Fsp3) is 0.308. The SMILES string of the molecule is CN(C)CCNc1ccnc2ccc(Br)cc12. The number of pyridine rings is 1. The van der Waals surface area contributed by atoms with Gasteiger partial charge in [0.15, 0.2) is 0 Å². The van der Waals surface area contributed by atoms with Gasteiger partial charge in [0.1, 0.15) is 0 Å². The number of nitrogens with zero attached hydrogens (tertiary/aromatic N) is 2. The second kappa shape index (κ2) is 5.47. The van der Waals surface area contributed by atoms with Crippen molar-refractivity contribution in [2.24, 2.45) is 0 Å². The summed E-state index contributed by atoms with van der Waals surface area (Å²) in [4.78, 5) is 6.51. The number of anilines is 1. The number of benzene rings is 1.